The van der Waals surface area contributed by atoms with E-state index < -0.39 is 0 Å². The summed E-state index contributed by atoms with van der Waals surface area (Å²) in [6, 6.07) is 8.17. The summed E-state index contributed by atoms with van der Waals surface area (Å²) in [5.74, 6) is 2.55. The van der Waals surface area contributed by atoms with Gasteiger partial charge in [0.05, 0.1) is 12.9 Å². The van der Waals surface area contributed by atoms with E-state index in [1.165, 1.54) is 37.4 Å². The topological polar surface area (TPSA) is 69.0 Å². The highest BCUT2D eigenvalue weighted by molar-refractivity contribution is 7.99. The van der Waals surface area contributed by atoms with Crippen molar-refractivity contribution in [2.24, 2.45) is 5.92 Å². The Morgan fingerprint density at radius 2 is 1.86 bits per heavy atom. The lowest BCUT2D eigenvalue weighted by Crippen LogP contribution is -2.35. The number of hydrogen-bond donors (Lipinski definition) is 1. The maximum atomic E-state index is 12.5. The second-order valence-corrected chi connectivity index (χ2v) is 9.03. The van der Waals surface area contributed by atoms with Crippen LogP contribution in [0.15, 0.2) is 29.4 Å². The largest absolute Gasteiger partial charge is 0.497 e. The van der Waals surface area contributed by atoms with Gasteiger partial charge >= 0.3 is 0 Å². The first-order valence-corrected chi connectivity index (χ1v) is 11.5. The number of ether oxygens (including phenoxy) is 1. The number of amides is 1. The molecule has 1 aromatic carbocycles. The van der Waals surface area contributed by atoms with Crippen LogP contribution in [-0.2, 0) is 11.3 Å². The van der Waals surface area contributed by atoms with E-state index in [0.717, 1.165) is 41.7 Å². The molecule has 1 saturated carbocycles. The van der Waals surface area contributed by atoms with Crippen LogP contribution < -0.4 is 10.1 Å². The minimum Gasteiger partial charge on any atom is -0.497 e. The van der Waals surface area contributed by atoms with Crippen LogP contribution in [0.3, 0.4) is 0 Å². The molecule has 1 aromatic heterocycles. The summed E-state index contributed by atoms with van der Waals surface area (Å²) < 4.78 is 7.37. The number of carbonyl (C=O) groups excluding carboxylic acids is 1. The zero-order chi connectivity index (χ0) is 20.6. The Bertz CT molecular complexity index is 781. The summed E-state index contributed by atoms with van der Waals surface area (Å²) in [5, 5.41) is 12.8. The quantitative estimate of drug-likeness (QED) is 0.505. The second-order valence-electron chi connectivity index (χ2n) is 8.08. The van der Waals surface area contributed by atoms with E-state index in [9.17, 15) is 4.79 Å². The molecular formula is C22H32N4O2S. The van der Waals surface area contributed by atoms with Crippen molar-refractivity contribution in [3.63, 3.8) is 0 Å². The maximum absolute atomic E-state index is 12.5. The predicted molar refractivity (Wildman–Crippen MR) is 117 cm³/mol. The van der Waals surface area contributed by atoms with Crippen molar-refractivity contribution in [1.82, 2.24) is 20.1 Å². The van der Waals surface area contributed by atoms with Gasteiger partial charge in [-0.1, -0.05) is 51.3 Å². The third-order valence-electron chi connectivity index (χ3n) is 5.17. The smallest absolute Gasteiger partial charge is 0.230 e. The van der Waals surface area contributed by atoms with Gasteiger partial charge in [0, 0.05) is 18.2 Å². The highest BCUT2D eigenvalue weighted by Gasteiger charge is 2.18. The van der Waals surface area contributed by atoms with Gasteiger partial charge in [-0.25, -0.2) is 0 Å². The van der Waals surface area contributed by atoms with Gasteiger partial charge in [-0.05, 0) is 43.0 Å². The zero-order valence-electron chi connectivity index (χ0n) is 17.7. The average molecular weight is 417 g/mol. The fourth-order valence-electron chi connectivity index (χ4n) is 3.70. The fourth-order valence-corrected chi connectivity index (χ4v) is 4.46. The first-order chi connectivity index (χ1) is 14.1. The van der Waals surface area contributed by atoms with Crippen LogP contribution in [0, 0.1) is 5.92 Å². The second kappa shape index (κ2) is 10.7. The van der Waals surface area contributed by atoms with Gasteiger partial charge in [0.15, 0.2) is 11.0 Å². The van der Waals surface area contributed by atoms with Crippen molar-refractivity contribution in [1.29, 1.82) is 0 Å². The zero-order valence-corrected chi connectivity index (χ0v) is 18.5. The van der Waals surface area contributed by atoms with E-state index in [2.05, 4.69) is 33.9 Å². The number of nitrogens with one attached hydrogen (secondary N) is 1. The monoisotopic (exact) mass is 416 g/mol. The minimum atomic E-state index is 0.0898. The van der Waals surface area contributed by atoms with Gasteiger partial charge in [0.2, 0.25) is 5.91 Å². The summed E-state index contributed by atoms with van der Waals surface area (Å²) in [6.07, 6.45) is 7.20. The Morgan fingerprint density at radius 1 is 1.17 bits per heavy atom. The van der Waals surface area contributed by atoms with Crippen molar-refractivity contribution in [2.45, 2.75) is 70.1 Å². The first kappa shape index (κ1) is 21.7. The number of hydrogen-bond acceptors (Lipinski definition) is 5. The molecule has 3 rings (SSSR count). The summed E-state index contributed by atoms with van der Waals surface area (Å²) in [5.41, 5.74) is 0.994. The van der Waals surface area contributed by atoms with Gasteiger partial charge in [0.25, 0.3) is 0 Å². The highest BCUT2D eigenvalue weighted by atomic mass is 32.2. The standard InChI is InChI=1S/C22H32N4O2S/c1-16(2)14-26-21(17-10-12-19(28-3)13-11-17)24-25-22(26)29-15-20(27)23-18-8-6-4-5-7-9-18/h10-13,16,18H,4-9,14-15H2,1-3H3,(H,23,27). The van der Waals surface area contributed by atoms with Crippen molar-refractivity contribution in [3.8, 4) is 17.1 Å². The highest BCUT2D eigenvalue weighted by Crippen LogP contribution is 2.27. The number of carbonyl (C=O) groups is 1. The molecule has 1 aliphatic carbocycles. The van der Waals surface area contributed by atoms with Crippen LogP contribution in [0.5, 0.6) is 5.75 Å². The van der Waals surface area contributed by atoms with Gasteiger partial charge < -0.3 is 14.6 Å². The van der Waals surface area contributed by atoms with Gasteiger partial charge in [-0.2, -0.15) is 0 Å². The predicted octanol–water partition coefficient (Wildman–Crippen LogP) is 4.54. The molecular weight excluding hydrogens is 384 g/mol. The van der Waals surface area contributed by atoms with E-state index in [1.807, 2.05) is 24.3 Å². The molecule has 1 amide bonds. The van der Waals surface area contributed by atoms with E-state index >= 15 is 0 Å². The molecule has 0 saturated heterocycles. The van der Waals surface area contributed by atoms with Crippen LogP contribution in [-0.4, -0.2) is 39.6 Å². The van der Waals surface area contributed by atoms with Gasteiger partial charge in [0.1, 0.15) is 5.75 Å². The SMILES string of the molecule is COc1ccc(-c2nnc(SCC(=O)NC3CCCCCC3)n2CC(C)C)cc1. The van der Waals surface area contributed by atoms with E-state index in [1.54, 1.807) is 7.11 Å². The number of thioether (sulfide) groups is 1. The molecule has 0 aliphatic heterocycles. The van der Waals surface area contributed by atoms with Crippen LogP contribution >= 0.6 is 11.8 Å². The number of rotatable bonds is 8. The number of nitrogens with zero attached hydrogens (tertiary/aromatic N) is 3. The molecule has 29 heavy (non-hydrogen) atoms. The maximum Gasteiger partial charge on any atom is 0.230 e. The van der Waals surface area contributed by atoms with Crippen molar-refractivity contribution < 1.29 is 9.53 Å². The molecule has 1 heterocycles. The molecule has 0 bridgehead atoms. The molecule has 0 spiro atoms. The van der Waals surface area contributed by atoms with E-state index in [-0.39, 0.29) is 5.91 Å². The lowest BCUT2D eigenvalue weighted by molar-refractivity contribution is -0.119. The lowest BCUT2D eigenvalue weighted by atomic mass is 10.1. The summed E-state index contributed by atoms with van der Waals surface area (Å²) >= 11 is 1.47. The van der Waals surface area contributed by atoms with Crippen LogP contribution in [0.4, 0.5) is 0 Å². The number of aromatic nitrogens is 3. The molecule has 2 aromatic rings. The van der Waals surface area contributed by atoms with Crippen molar-refractivity contribution in [3.05, 3.63) is 24.3 Å². The first-order valence-electron chi connectivity index (χ1n) is 10.6. The van der Waals surface area contributed by atoms with Gasteiger partial charge in [-0.15, -0.1) is 10.2 Å². The normalized spacial score (nSPS) is 15.3. The summed E-state index contributed by atoms with van der Waals surface area (Å²) in [6.45, 7) is 5.15. The third kappa shape index (κ3) is 6.23. The fraction of sp³-hybridized carbons (Fsp3) is 0.591. The van der Waals surface area contributed by atoms with Crippen LogP contribution in [0.25, 0.3) is 11.4 Å². The van der Waals surface area contributed by atoms with Gasteiger partial charge in [-0.3, -0.25) is 4.79 Å². The Kier molecular flexibility index (Phi) is 7.98. The summed E-state index contributed by atoms with van der Waals surface area (Å²) in [4.78, 5) is 12.5. The van der Waals surface area contributed by atoms with Crippen LogP contribution in [0.1, 0.15) is 52.4 Å². The van der Waals surface area contributed by atoms with E-state index in [4.69, 9.17) is 4.74 Å². The Labute approximate surface area is 177 Å². The van der Waals surface area contributed by atoms with E-state index in [0.29, 0.717) is 17.7 Å². The molecule has 1 fully saturated rings. The number of benzene rings is 1. The lowest BCUT2D eigenvalue weighted by Gasteiger charge is -2.16. The molecule has 1 N–H and O–H groups in total. The number of methoxy groups -OCH3 is 1. The molecule has 1 aliphatic rings. The Hall–Kier alpha value is -2.02. The van der Waals surface area contributed by atoms with Crippen molar-refractivity contribution >= 4 is 17.7 Å². The molecule has 6 nitrogen and oxygen atoms in total. The van der Waals surface area contributed by atoms with Crippen LogP contribution in [0.2, 0.25) is 0 Å². The minimum absolute atomic E-state index is 0.0898. The average Bonchev–Trinajstić information content (AvgIpc) is 2.92. The Morgan fingerprint density at radius 3 is 2.48 bits per heavy atom. The van der Waals surface area contributed by atoms with Crippen molar-refractivity contribution in [2.75, 3.05) is 12.9 Å². The third-order valence-corrected chi connectivity index (χ3v) is 6.13. The molecule has 158 valence electrons. The molecule has 0 unspecified atom stereocenters. The summed E-state index contributed by atoms with van der Waals surface area (Å²) in [7, 11) is 1.66. The molecule has 7 heteroatoms. The molecule has 0 radical (unpaired) electrons. The molecule has 0 atom stereocenters. The Balaban J connectivity index is 1.67.